The smallest absolute Gasteiger partial charge is 0.335 e. The Bertz CT molecular complexity index is 465. The van der Waals surface area contributed by atoms with Gasteiger partial charge in [0.15, 0.2) is 0 Å². The van der Waals surface area contributed by atoms with Gasteiger partial charge in [-0.15, -0.1) is 0 Å². The predicted octanol–water partition coefficient (Wildman–Crippen LogP) is 3.81. The number of nitrogens with zero attached hydrogens (tertiary/aromatic N) is 1. The van der Waals surface area contributed by atoms with Gasteiger partial charge in [-0.2, -0.15) is 0 Å². The molecule has 1 heterocycles. The van der Waals surface area contributed by atoms with Crippen LogP contribution in [-0.4, -0.2) is 22.1 Å². The third-order valence-electron chi connectivity index (χ3n) is 3.75. The standard InChI is InChI=1S/C14H19ClN2O2/c1-2-9-4-3-5-11(6-9)16-13-8-10(14(18)19)7-12(15)17-13/h7-9,11H,2-6H2,1H3,(H,16,17)(H,18,19). The zero-order valence-electron chi connectivity index (χ0n) is 11.0. The lowest BCUT2D eigenvalue weighted by atomic mass is 9.84. The molecule has 1 saturated carbocycles. The second kappa shape index (κ2) is 6.24. The van der Waals surface area contributed by atoms with Crippen molar-refractivity contribution in [2.75, 3.05) is 5.32 Å². The van der Waals surface area contributed by atoms with Crippen LogP contribution in [0.2, 0.25) is 5.15 Å². The summed E-state index contributed by atoms with van der Waals surface area (Å²) in [4.78, 5) is 15.1. The molecule has 1 aromatic heterocycles. The minimum Gasteiger partial charge on any atom is -0.478 e. The highest BCUT2D eigenvalue weighted by Gasteiger charge is 2.21. The van der Waals surface area contributed by atoms with Crippen molar-refractivity contribution in [3.8, 4) is 0 Å². The molecule has 2 rings (SSSR count). The van der Waals surface area contributed by atoms with E-state index < -0.39 is 5.97 Å². The molecule has 0 aliphatic heterocycles. The topological polar surface area (TPSA) is 62.2 Å². The van der Waals surface area contributed by atoms with Crippen molar-refractivity contribution in [1.29, 1.82) is 0 Å². The number of hydrogen-bond acceptors (Lipinski definition) is 3. The fraction of sp³-hybridized carbons (Fsp3) is 0.571. The molecule has 2 atom stereocenters. The van der Waals surface area contributed by atoms with E-state index in [9.17, 15) is 4.79 Å². The lowest BCUT2D eigenvalue weighted by Crippen LogP contribution is -2.27. The average molecular weight is 283 g/mol. The molecule has 0 spiro atoms. The molecule has 5 heteroatoms. The van der Waals surface area contributed by atoms with Gasteiger partial charge in [-0.3, -0.25) is 0 Å². The molecule has 104 valence electrons. The Morgan fingerprint density at radius 2 is 2.32 bits per heavy atom. The number of aromatic nitrogens is 1. The number of anilines is 1. The molecule has 0 aromatic carbocycles. The molecule has 2 unspecified atom stereocenters. The first kappa shape index (κ1) is 14.1. The Kier molecular flexibility index (Phi) is 4.64. The monoisotopic (exact) mass is 282 g/mol. The third kappa shape index (κ3) is 3.83. The summed E-state index contributed by atoms with van der Waals surface area (Å²) in [5.41, 5.74) is 0.172. The van der Waals surface area contributed by atoms with E-state index in [0.717, 1.165) is 18.8 Å². The van der Waals surface area contributed by atoms with Crippen LogP contribution in [0.15, 0.2) is 12.1 Å². The second-order valence-electron chi connectivity index (χ2n) is 5.15. The largest absolute Gasteiger partial charge is 0.478 e. The van der Waals surface area contributed by atoms with E-state index in [1.54, 1.807) is 6.07 Å². The van der Waals surface area contributed by atoms with Crippen molar-refractivity contribution in [2.45, 2.75) is 45.1 Å². The molecule has 4 nitrogen and oxygen atoms in total. The molecule has 0 radical (unpaired) electrons. The molecule has 1 aliphatic rings. The maximum Gasteiger partial charge on any atom is 0.335 e. The van der Waals surface area contributed by atoms with Gasteiger partial charge in [0.05, 0.1) is 5.56 Å². The number of hydrogen-bond donors (Lipinski definition) is 2. The lowest BCUT2D eigenvalue weighted by molar-refractivity contribution is 0.0697. The lowest BCUT2D eigenvalue weighted by Gasteiger charge is -2.29. The van der Waals surface area contributed by atoms with Crippen LogP contribution in [-0.2, 0) is 0 Å². The summed E-state index contributed by atoms with van der Waals surface area (Å²) < 4.78 is 0. The zero-order valence-corrected chi connectivity index (χ0v) is 11.8. The molecule has 1 aliphatic carbocycles. The Morgan fingerprint density at radius 3 is 3.00 bits per heavy atom. The van der Waals surface area contributed by atoms with Crippen molar-refractivity contribution in [2.24, 2.45) is 5.92 Å². The van der Waals surface area contributed by atoms with Gasteiger partial charge in [0.25, 0.3) is 0 Å². The number of nitrogens with one attached hydrogen (secondary N) is 1. The van der Waals surface area contributed by atoms with Crippen molar-refractivity contribution in [3.63, 3.8) is 0 Å². The molecule has 1 aromatic rings. The molecule has 19 heavy (non-hydrogen) atoms. The molecule has 0 amide bonds. The molecular weight excluding hydrogens is 264 g/mol. The van der Waals surface area contributed by atoms with Gasteiger partial charge >= 0.3 is 5.97 Å². The van der Waals surface area contributed by atoms with E-state index in [0.29, 0.717) is 11.9 Å². The minimum absolute atomic E-state index is 0.172. The Balaban J connectivity index is 2.08. The van der Waals surface area contributed by atoms with Crippen molar-refractivity contribution < 1.29 is 9.90 Å². The van der Waals surface area contributed by atoms with Crippen LogP contribution in [0, 0.1) is 5.92 Å². The Hall–Kier alpha value is -1.29. The SMILES string of the molecule is CCC1CCCC(Nc2cc(C(=O)O)cc(Cl)n2)C1. The van der Waals surface area contributed by atoms with E-state index in [2.05, 4.69) is 17.2 Å². The third-order valence-corrected chi connectivity index (χ3v) is 3.95. The Morgan fingerprint density at radius 1 is 1.53 bits per heavy atom. The van der Waals surface area contributed by atoms with E-state index in [1.165, 1.54) is 25.3 Å². The van der Waals surface area contributed by atoms with Crippen molar-refractivity contribution >= 4 is 23.4 Å². The average Bonchev–Trinajstić information content (AvgIpc) is 2.38. The predicted molar refractivity (Wildman–Crippen MR) is 75.9 cm³/mol. The number of rotatable bonds is 4. The molecule has 1 fully saturated rings. The van der Waals surface area contributed by atoms with Crippen LogP contribution < -0.4 is 5.32 Å². The van der Waals surface area contributed by atoms with E-state index in [4.69, 9.17) is 16.7 Å². The first-order valence-electron chi connectivity index (χ1n) is 6.76. The normalized spacial score (nSPS) is 23.1. The number of carboxylic acid groups (broad SMARTS) is 1. The highest BCUT2D eigenvalue weighted by atomic mass is 35.5. The van der Waals surface area contributed by atoms with Gasteiger partial charge in [0.1, 0.15) is 11.0 Å². The summed E-state index contributed by atoms with van der Waals surface area (Å²) in [6, 6.07) is 3.28. The van der Waals surface area contributed by atoms with Gasteiger partial charge in [0, 0.05) is 6.04 Å². The van der Waals surface area contributed by atoms with Crippen LogP contribution in [0.5, 0.6) is 0 Å². The van der Waals surface area contributed by atoms with Gasteiger partial charge in [-0.05, 0) is 30.9 Å². The number of carboxylic acids is 1. The van der Waals surface area contributed by atoms with Gasteiger partial charge in [-0.25, -0.2) is 9.78 Å². The summed E-state index contributed by atoms with van der Waals surface area (Å²) in [6.45, 7) is 2.22. The van der Waals surface area contributed by atoms with E-state index >= 15 is 0 Å². The Labute approximate surface area is 118 Å². The summed E-state index contributed by atoms with van der Waals surface area (Å²) in [6.07, 6.45) is 5.92. The number of halogens is 1. The highest BCUT2D eigenvalue weighted by Crippen LogP contribution is 2.28. The van der Waals surface area contributed by atoms with Crippen molar-refractivity contribution in [3.05, 3.63) is 22.8 Å². The number of carbonyl (C=O) groups is 1. The first-order chi connectivity index (χ1) is 9.08. The minimum atomic E-state index is -0.984. The summed E-state index contributed by atoms with van der Waals surface area (Å²) in [5, 5.41) is 12.5. The molecular formula is C14H19ClN2O2. The summed E-state index contributed by atoms with van der Waals surface area (Å²) >= 11 is 5.85. The van der Waals surface area contributed by atoms with Crippen LogP contribution in [0.1, 0.15) is 49.4 Å². The number of aromatic carboxylic acids is 1. The summed E-state index contributed by atoms with van der Waals surface area (Å²) in [7, 11) is 0. The molecule has 0 bridgehead atoms. The zero-order chi connectivity index (χ0) is 13.8. The van der Waals surface area contributed by atoms with E-state index in [1.807, 2.05) is 0 Å². The van der Waals surface area contributed by atoms with Crippen molar-refractivity contribution in [1.82, 2.24) is 4.98 Å². The van der Waals surface area contributed by atoms with Crippen LogP contribution in [0.3, 0.4) is 0 Å². The molecule has 2 N–H and O–H groups in total. The number of pyridine rings is 1. The maximum atomic E-state index is 11.0. The van der Waals surface area contributed by atoms with Gasteiger partial charge in [-0.1, -0.05) is 37.8 Å². The van der Waals surface area contributed by atoms with E-state index in [-0.39, 0.29) is 10.7 Å². The fourth-order valence-corrected chi connectivity index (χ4v) is 2.90. The molecule has 0 saturated heterocycles. The second-order valence-corrected chi connectivity index (χ2v) is 5.54. The maximum absolute atomic E-state index is 11.0. The van der Waals surface area contributed by atoms with Gasteiger partial charge < -0.3 is 10.4 Å². The quantitative estimate of drug-likeness (QED) is 0.824. The van der Waals surface area contributed by atoms with Crippen LogP contribution in [0.4, 0.5) is 5.82 Å². The summed E-state index contributed by atoms with van der Waals surface area (Å²) in [5.74, 6) is 0.332. The fourth-order valence-electron chi connectivity index (χ4n) is 2.70. The first-order valence-corrected chi connectivity index (χ1v) is 7.13. The highest BCUT2D eigenvalue weighted by molar-refractivity contribution is 6.29. The van der Waals surface area contributed by atoms with Crippen LogP contribution in [0.25, 0.3) is 0 Å². The van der Waals surface area contributed by atoms with Crippen LogP contribution >= 0.6 is 11.6 Å². The van der Waals surface area contributed by atoms with Gasteiger partial charge in [0.2, 0.25) is 0 Å².